The van der Waals surface area contributed by atoms with Crippen molar-refractivity contribution in [3.63, 3.8) is 0 Å². The van der Waals surface area contributed by atoms with Crippen molar-refractivity contribution in [3.05, 3.63) is 59.1 Å². The van der Waals surface area contributed by atoms with Crippen LogP contribution in [0.2, 0.25) is 0 Å². The van der Waals surface area contributed by atoms with Crippen LogP contribution in [0.5, 0.6) is 5.75 Å². The van der Waals surface area contributed by atoms with Gasteiger partial charge in [0.1, 0.15) is 11.4 Å². The smallest absolute Gasteiger partial charge is 0.355 e. The molecule has 24 heavy (non-hydrogen) atoms. The van der Waals surface area contributed by atoms with Gasteiger partial charge < -0.3 is 10.1 Å². The quantitative estimate of drug-likeness (QED) is 0.712. The van der Waals surface area contributed by atoms with Gasteiger partial charge in [-0.05, 0) is 24.3 Å². The summed E-state index contributed by atoms with van der Waals surface area (Å²) in [6.45, 7) is 0. The summed E-state index contributed by atoms with van der Waals surface area (Å²) in [6.07, 6.45) is 1.60. The lowest BCUT2D eigenvalue weighted by atomic mass is 10.3. The Hall–Kier alpha value is -2.87. The third kappa shape index (κ3) is 3.72. The molecule has 0 saturated heterocycles. The number of carbonyl (C=O) groups is 1. The summed E-state index contributed by atoms with van der Waals surface area (Å²) in [5.74, 6) is 0.538. The standard InChI is InChI=1S/C16H14N4O3S/c1-23-12-6-4-5-11(9-12)17-14(21)10-24-15-18-13-7-2-3-8-20(13)16(22)19-15/h2-9H,10H2,1H3,(H,17,21). The number of ether oxygens (including phenoxy) is 1. The lowest BCUT2D eigenvalue weighted by molar-refractivity contribution is -0.113. The maximum atomic E-state index is 12.0. The minimum atomic E-state index is -0.420. The van der Waals surface area contributed by atoms with Crippen LogP contribution in [0.1, 0.15) is 0 Å². The first-order chi connectivity index (χ1) is 11.7. The Morgan fingerprint density at radius 2 is 2.12 bits per heavy atom. The number of pyridine rings is 1. The second-order valence-corrected chi connectivity index (χ2v) is 5.73. The SMILES string of the molecule is COc1cccc(NC(=O)CSc2nc(=O)n3ccccc3n2)c1. The van der Waals surface area contributed by atoms with Crippen molar-refractivity contribution in [2.24, 2.45) is 0 Å². The number of amides is 1. The molecule has 0 aliphatic heterocycles. The maximum Gasteiger partial charge on any atom is 0.355 e. The predicted molar refractivity (Wildman–Crippen MR) is 91.6 cm³/mol. The highest BCUT2D eigenvalue weighted by Gasteiger charge is 2.08. The van der Waals surface area contributed by atoms with Crippen LogP contribution in [-0.4, -0.2) is 33.1 Å². The van der Waals surface area contributed by atoms with Crippen molar-refractivity contribution in [2.75, 3.05) is 18.2 Å². The van der Waals surface area contributed by atoms with Crippen LogP contribution < -0.4 is 15.7 Å². The molecule has 0 fully saturated rings. The lowest BCUT2D eigenvalue weighted by Crippen LogP contribution is -2.20. The number of fused-ring (bicyclic) bond motifs is 1. The molecule has 7 nitrogen and oxygen atoms in total. The summed E-state index contributed by atoms with van der Waals surface area (Å²) in [4.78, 5) is 32.0. The lowest BCUT2D eigenvalue weighted by Gasteiger charge is -2.06. The Morgan fingerprint density at radius 1 is 1.25 bits per heavy atom. The van der Waals surface area contributed by atoms with Crippen molar-refractivity contribution < 1.29 is 9.53 Å². The van der Waals surface area contributed by atoms with Crippen LogP contribution in [0.3, 0.4) is 0 Å². The molecule has 0 radical (unpaired) electrons. The van der Waals surface area contributed by atoms with Crippen molar-refractivity contribution in [1.29, 1.82) is 0 Å². The molecular weight excluding hydrogens is 328 g/mol. The number of hydrogen-bond acceptors (Lipinski definition) is 6. The Kier molecular flexibility index (Phi) is 4.76. The van der Waals surface area contributed by atoms with Crippen LogP contribution >= 0.6 is 11.8 Å². The summed E-state index contributed by atoms with van der Waals surface area (Å²) in [7, 11) is 1.56. The minimum absolute atomic E-state index is 0.0969. The molecule has 0 spiro atoms. The zero-order chi connectivity index (χ0) is 16.9. The minimum Gasteiger partial charge on any atom is -0.497 e. The number of thioether (sulfide) groups is 1. The molecule has 1 amide bonds. The Labute approximate surface area is 141 Å². The molecule has 8 heteroatoms. The van der Waals surface area contributed by atoms with E-state index in [1.807, 2.05) is 0 Å². The van der Waals surface area contributed by atoms with E-state index in [4.69, 9.17) is 4.74 Å². The summed E-state index contributed by atoms with van der Waals surface area (Å²) in [5.41, 5.74) is 0.712. The molecule has 0 saturated carbocycles. The highest BCUT2D eigenvalue weighted by molar-refractivity contribution is 7.99. The van der Waals surface area contributed by atoms with Gasteiger partial charge in [-0.15, -0.1) is 0 Å². The van der Waals surface area contributed by atoms with Crippen LogP contribution in [0, 0.1) is 0 Å². The number of rotatable bonds is 5. The molecule has 122 valence electrons. The second-order valence-electron chi connectivity index (χ2n) is 4.79. The highest BCUT2D eigenvalue weighted by Crippen LogP contribution is 2.18. The van der Waals surface area contributed by atoms with Crippen molar-refractivity contribution in [2.45, 2.75) is 5.16 Å². The van der Waals surface area contributed by atoms with Gasteiger partial charge in [-0.3, -0.25) is 9.20 Å². The fourth-order valence-corrected chi connectivity index (χ4v) is 2.67. The molecule has 3 aromatic rings. The number of nitrogens with zero attached hydrogens (tertiary/aromatic N) is 3. The number of benzene rings is 1. The van der Waals surface area contributed by atoms with E-state index in [2.05, 4.69) is 15.3 Å². The normalized spacial score (nSPS) is 10.5. The highest BCUT2D eigenvalue weighted by atomic mass is 32.2. The zero-order valence-electron chi connectivity index (χ0n) is 12.8. The number of methoxy groups -OCH3 is 1. The van der Waals surface area contributed by atoms with Gasteiger partial charge in [0.15, 0.2) is 5.16 Å². The van der Waals surface area contributed by atoms with Crippen molar-refractivity contribution >= 4 is 29.0 Å². The largest absolute Gasteiger partial charge is 0.497 e. The van der Waals surface area contributed by atoms with Gasteiger partial charge in [0.25, 0.3) is 0 Å². The Bertz CT molecular complexity index is 942. The van der Waals surface area contributed by atoms with Gasteiger partial charge in [-0.25, -0.2) is 9.78 Å². The molecular formula is C16H14N4O3S. The first-order valence-corrected chi connectivity index (χ1v) is 8.06. The van der Waals surface area contributed by atoms with Crippen LogP contribution in [0.25, 0.3) is 5.65 Å². The fraction of sp³-hybridized carbons (Fsp3) is 0.125. The van der Waals surface area contributed by atoms with Crippen molar-refractivity contribution in [1.82, 2.24) is 14.4 Å². The van der Waals surface area contributed by atoms with E-state index in [0.29, 0.717) is 17.1 Å². The predicted octanol–water partition coefficient (Wildman–Crippen LogP) is 1.83. The molecule has 0 aliphatic rings. The summed E-state index contributed by atoms with van der Waals surface area (Å²) in [6, 6.07) is 12.3. The van der Waals surface area contributed by atoms with E-state index in [-0.39, 0.29) is 16.8 Å². The number of hydrogen-bond donors (Lipinski definition) is 1. The first kappa shape index (κ1) is 16.0. The van der Waals surface area contributed by atoms with E-state index in [9.17, 15) is 9.59 Å². The average Bonchev–Trinajstić information content (AvgIpc) is 2.60. The molecule has 1 N–H and O–H groups in total. The van der Waals surface area contributed by atoms with Gasteiger partial charge in [0, 0.05) is 18.0 Å². The number of anilines is 1. The molecule has 1 aromatic carbocycles. The zero-order valence-corrected chi connectivity index (χ0v) is 13.6. The van der Waals surface area contributed by atoms with E-state index < -0.39 is 5.69 Å². The topological polar surface area (TPSA) is 85.6 Å². The molecule has 2 heterocycles. The third-order valence-corrected chi connectivity index (χ3v) is 3.98. The van der Waals surface area contributed by atoms with Gasteiger partial charge in [0.2, 0.25) is 5.91 Å². The monoisotopic (exact) mass is 342 g/mol. The molecule has 0 bridgehead atoms. The number of nitrogens with one attached hydrogen (secondary N) is 1. The summed E-state index contributed by atoms with van der Waals surface area (Å²) >= 11 is 1.11. The van der Waals surface area contributed by atoms with Gasteiger partial charge in [-0.1, -0.05) is 23.9 Å². The third-order valence-electron chi connectivity index (χ3n) is 3.13. The second kappa shape index (κ2) is 7.14. The van der Waals surface area contributed by atoms with E-state index >= 15 is 0 Å². The molecule has 3 rings (SSSR count). The fourth-order valence-electron chi connectivity index (χ4n) is 2.04. The summed E-state index contributed by atoms with van der Waals surface area (Å²) < 4.78 is 6.45. The van der Waals surface area contributed by atoms with Crippen molar-refractivity contribution in [3.8, 4) is 5.75 Å². The number of aromatic nitrogens is 3. The average molecular weight is 342 g/mol. The van der Waals surface area contributed by atoms with E-state index in [1.165, 1.54) is 4.40 Å². The van der Waals surface area contributed by atoms with Crippen LogP contribution in [0.15, 0.2) is 58.6 Å². The van der Waals surface area contributed by atoms with Gasteiger partial charge in [0.05, 0.1) is 12.9 Å². The van der Waals surface area contributed by atoms with Gasteiger partial charge in [-0.2, -0.15) is 4.98 Å². The Balaban J connectivity index is 1.67. The number of carbonyl (C=O) groups excluding carboxylic acids is 1. The molecule has 2 aromatic heterocycles. The first-order valence-electron chi connectivity index (χ1n) is 7.08. The molecule has 0 unspecified atom stereocenters. The van der Waals surface area contributed by atoms with E-state index in [1.54, 1.807) is 55.8 Å². The Morgan fingerprint density at radius 3 is 2.96 bits per heavy atom. The molecule has 0 aliphatic carbocycles. The maximum absolute atomic E-state index is 12.0. The van der Waals surface area contributed by atoms with Crippen LogP contribution in [-0.2, 0) is 4.79 Å². The van der Waals surface area contributed by atoms with Crippen LogP contribution in [0.4, 0.5) is 5.69 Å². The summed E-state index contributed by atoms with van der Waals surface area (Å²) in [5, 5.41) is 3.03. The van der Waals surface area contributed by atoms with E-state index in [0.717, 1.165) is 11.8 Å². The molecule has 0 atom stereocenters. The van der Waals surface area contributed by atoms with Gasteiger partial charge >= 0.3 is 5.69 Å².